The fraction of sp³-hybridized carbons (Fsp3) is 0.333. The Labute approximate surface area is 143 Å². The Morgan fingerprint density at radius 1 is 1.21 bits per heavy atom. The Hall–Kier alpha value is -1.81. The average Bonchev–Trinajstić information content (AvgIpc) is 3.23. The molecule has 2 heterocycles. The molecule has 1 fully saturated rings. The Bertz CT molecular complexity index is 835. The van der Waals surface area contributed by atoms with Gasteiger partial charge in [-0.1, -0.05) is 30.3 Å². The van der Waals surface area contributed by atoms with Gasteiger partial charge in [0.2, 0.25) is 0 Å². The third-order valence-electron chi connectivity index (χ3n) is 4.28. The summed E-state index contributed by atoms with van der Waals surface area (Å²) in [4.78, 5) is 10.2. The van der Waals surface area contributed by atoms with Crippen LogP contribution in [0.4, 0.5) is 5.00 Å². The molecule has 0 saturated carbocycles. The van der Waals surface area contributed by atoms with Crippen molar-refractivity contribution in [2.24, 2.45) is 11.7 Å². The molecule has 1 saturated heterocycles. The first-order valence-corrected chi connectivity index (χ1v) is 9.68. The van der Waals surface area contributed by atoms with Gasteiger partial charge in [-0.05, 0) is 35.4 Å². The zero-order valence-corrected chi connectivity index (χ0v) is 14.4. The van der Waals surface area contributed by atoms with Crippen LogP contribution < -0.4 is 5.73 Å². The van der Waals surface area contributed by atoms with Crippen LogP contribution in [0.5, 0.6) is 0 Å². The van der Waals surface area contributed by atoms with Gasteiger partial charge >= 0.3 is 5.00 Å². The lowest BCUT2D eigenvalue weighted by Gasteiger charge is -2.16. The monoisotopic (exact) mass is 367 g/mol. The van der Waals surface area contributed by atoms with Crippen LogP contribution in [0.1, 0.15) is 11.5 Å². The summed E-state index contributed by atoms with van der Waals surface area (Å²) in [5.41, 5.74) is 6.90. The molecule has 1 aromatic carbocycles. The van der Waals surface area contributed by atoms with E-state index in [1.807, 2.05) is 30.3 Å². The molecule has 0 spiro atoms. The number of nitrogens with zero attached hydrogens (tertiary/aromatic N) is 2. The lowest BCUT2D eigenvalue weighted by Crippen LogP contribution is -2.29. The molecule has 2 atom stereocenters. The van der Waals surface area contributed by atoms with Crippen LogP contribution in [0, 0.1) is 16.0 Å². The van der Waals surface area contributed by atoms with E-state index in [0.29, 0.717) is 31.0 Å². The van der Waals surface area contributed by atoms with Crippen LogP contribution in [0.25, 0.3) is 0 Å². The number of benzene rings is 1. The van der Waals surface area contributed by atoms with Crippen molar-refractivity contribution in [2.45, 2.75) is 10.1 Å². The topological polar surface area (TPSA) is 107 Å². The van der Waals surface area contributed by atoms with Crippen molar-refractivity contribution >= 4 is 26.4 Å². The second-order valence-corrected chi connectivity index (χ2v) is 8.91. The van der Waals surface area contributed by atoms with Gasteiger partial charge in [-0.15, -0.1) is 0 Å². The van der Waals surface area contributed by atoms with Crippen LogP contribution in [0.2, 0.25) is 0 Å². The molecule has 1 aromatic heterocycles. The lowest BCUT2D eigenvalue weighted by atomic mass is 9.89. The molecular weight excluding hydrogens is 350 g/mol. The Morgan fingerprint density at radius 2 is 1.92 bits per heavy atom. The normalized spacial score (nSPS) is 21.9. The molecule has 9 heteroatoms. The van der Waals surface area contributed by atoms with E-state index < -0.39 is 14.9 Å². The van der Waals surface area contributed by atoms with E-state index in [1.54, 1.807) is 0 Å². The standard InChI is InChI=1S/C15H17N3O4S2/c16-8-12-9-17(10-13(12)11-4-2-1-3-5-11)24(21,22)15-7-6-14(23-15)18(19)20/h1-7,12-13H,8-10,16H2/t12-,13+/m1/s1. The summed E-state index contributed by atoms with van der Waals surface area (Å²) >= 11 is 0.681. The molecule has 0 unspecified atom stereocenters. The van der Waals surface area contributed by atoms with Crippen LogP contribution in [0.15, 0.2) is 46.7 Å². The smallest absolute Gasteiger partial charge is 0.325 e. The van der Waals surface area contributed by atoms with E-state index in [0.717, 1.165) is 5.56 Å². The van der Waals surface area contributed by atoms with Crippen molar-refractivity contribution in [2.75, 3.05) is 19.6 Å². The first-order chi connectivity index (χ1) is 11.4. The molecule has 3 rings (SSSR count). The van der Waals surface area contributed by atoms with Gasteiger partial charge < -0.3 is 5.73 Å². The Morgan fingerprint density at radius 3 is 2.50 bits per heavy atom. The van der Waals surface area contributed by atoms with Crippen molar-refractivity contribution in [1.29, 1.82) is 0 Å². The number of hydrogen-bond acceptors (Lipinski definition) is 6. The molecule has 128 valence electrons. The van der Waals surface area contributed by atoms with Gasteiger partial charge in [0.25, 0.3) is 10.0 Å². The minimum absolute atomic E-state index is 0.00122. The Kier molecular flexibility index (Phi) is 4.68. The summed E-state index contributed by atoms with van der Waals surface area (Å²) in [6.45, 7) is 1.04. The maximum atomic E-state index is 12.8. The van der Waals surface area contributed by atoms with Crippen molar-refractivity contribution in [1.82, 2.24) is 4.31 Å². The van der Waals surface area contributed by atoms with Crippen molar-refractivity contribution in [3.8, 4) is 0 Å². The van der Waals surface area contributed by atoms with Gasteiger partial charge in [-0.2, -0.15) is 4.31 Å². The summed E-state index contributed by atoms with van der Waals surface area (Å²) < 4.78 is 26.9. The second-order valence-electron chi connectivity index (χ2n) is 5.68. The molecule has 7 nitrogen and oxygen atoms in total. The minimum atomic E-state index is -3.74. The predicted octanol–water partition coefficient (Wildman–Crippen LogP) is 2.02. The minimum Gasteiger partial charge on any atom is -0.330 e. The van der Waals surface area contributed by atoms with E-state index in [9.17, 15) is 18.5 Å². The highest BCUT2D eigenvalue weighted by Gasteiger charge is 2.40. The van der Waals surface area contributed by atoms with E-state index in [1.165, 1.54) is 16.4 Å². The fourth-order valence-corrected chi connectivity index (χ4v) is 5.80. The van der Waals surface area contributed by atoms with Crippen LogP contribution in [-0.2, 0) is 10.0 Å². The van der Waals surface area contributed by atoms with Crippen molar-refractivity contribution < 1.29 is 13.3 Å². The molecule has 0 bridgehead atoms. The maximum Gasteiger partial charge on any atom is 0.325 e. The molecule has 0 radical (unpaired) electrons. The van der Waals surface area contributed by atoms with Gasteiger partial charge in [0, 0.05) is 25.1 Å². The summed E-state index contributed by atoms with van der Waals surface area (Å²) in [5, 5.41) is 10.6. The molecule has 0 aliphatic carbocycles. The Balaban J connectivity index is 1.88. The van der Waals surface area contributed by atoms with Gasteiger partial charge in [0.15, 0.2) is 0 Å². The van der Waals surface area contributed by atoms with Gasteiger partial charge in [0.1, 0.15) is 4.21 Å². The summed E-state index contributed by atoms with van der Waals surface area (Å²) in [7, 11) is -3.74. The highest BCUT2D eigenvalue weighted by atomic mass is 32.2. The second kappa shape index (κ2) is 6.60. The number of nitrogens with two attached hydrogens (primary N) is 1. The molecule has 24 heavy (non-hydrogen) atoms. The molecule has 1 aliphatic rings. The van der Waals surface area contributed by atoms with Crippen LogP contribution in [0.3, 0.4) is 0 Å². The van der Waals surface area contributed by atoms with E-state index in [4.69, 9.17) is 5.73 Å². The quantitative estimate of drug-likeness (QED) is 0.643. The lowest BCUT2D eigenvalue weighted by molar-refractivity contribution is -0.380. The largest absolute Gasteiger partial charge is 0.330 e. The number of sulfonamides is 1. The van der Waals surface area contributed by atoms with E-state index in [-0.39, 0.29) is 21.0 Å². The van der Waals surface area contributed by atoms with Gasteiger partial charge in [-0.25, -0.2) is 8.42 Å². The summed E-state index contributed by atoms with van der Waals surface area (Å²) in [5.74, 6) is 0.0537. The average molecular weight is 367 g/mol. The molecule has 2 N–H and O–H groups in total. The molecule has 2 aromatic rings. The third kappa shape index (κ3) is 3.07. The maximum absolute atomic E-state index is 12.8. The first-order valence-electron chi connectivity index (χ1n) is 7.43. The van der Waals surface area contributed by atoms with Crippen molar-refractivity contribution in [3.05, 3.63) is 58.1 Å². The zero-order valence-electron chi connectivity index (χ0n) is 12.7. The number of thiophene rings is 1. The third-order valence-corrected chi connectivity index (χ3v) is 7.62. The van der Waals surface area contributed by atoms with Crippen LogP contribution >= 0.6 is 11.3 Å². The highest BCUT2D eigenvalue weighted by Crippen LogP contribution is 2.37. The number of hydrogen-bond donors (Lipinski definition) is 1. The van der Waals surface area contributed by atoms with E-state index >= 15 is 0 Å². The summed E-state index contributed by atoms with van der Waals surface area (Å²) in [6.07, 6.45) is 0. The zero-order chi connectivity index (χ0) is 17.3. The predicted molar refractivity (Wildman–Crippen MR) is 91.5 cm³/mol. The van der Waals surface area contributed by atoms with Crippen molar-refractivity contribution in [3.63, 3.8) is 0 Å². The number of rotatable bonds is 5. The first kappa shape index (κ1) is 17.0. The highest BCUT2D eigenvalue weighted by molar-refractivity contribution is 7.91. The van der Waals surface area contributed by atoms with Gasteiger partial charge in [0.05, 0.1) is 4.92 Å². The molecule has 0 amide bonds. The van der Waals surface area contributed by atoms with Crippen LogP contribution in [-0.4, -0.2) is 37.3 Å². The molecule has 1 aliphatic heterocycles. The van der Waals surface area contributed by atoms with E-state index in [2.05, 4.69) is 0 Å². The summed E-state index contributed by atoms with van der Waals surface area (Å²) in [6, 6.07) is 12.2. The fourth-order valence-electron chi connectivity index (χ4n) is 3.02. The SMILES string of the molecule is NC[C@@H]1CN(S(=O)(=O)c2ccc([N+](=O)[O-])s2)C[C@H]1c1ccccc1. The van der Waals surface area contributed by atoms with Gasteiger partial charge in [-0.3, -0.25) is 10.1 Å². The number of nitro groups is 1. The molecular formula is C15H17N3O4S2.